The summed E-state index contributed by atoms with van der Waals surface area (Å²) in [5.41, 5.74) is 1.05. The van der Waals surface area contributed by atoms with E-state index in [1.807, 2.05) is 11.9 Å². The Hall–Kier alpha value is -1.68. The molecule has 8 nitrogen and oxygen atoms in total. The van der Waals surface area contributed by atoms with Crippen LogP contribution in [0.3, 0.4) is 0 Å². The van der Waals surface area contributed by atoms with E-state index in [0.29, 0.717) is 56.6 Å². The molecule has 3 fully saturated rings. The lowest BCUT2D eigenvalue weighted by atomic mass is 9.68. The second-order valence-corrected chi connectivity index (χ2v) is 12.8. The van der Waals surface area contributed by atoms with E-state index in [2.05, 4.69) is 26.1 Å². The monoisotopic (exact) mass is 493 g/mol. The molecule has 1 aromatic rings. The number of methoxy groups -OCH3 is 1. The molecule has 1 saturated heterocycles. The molecule has 0 spiro atoms. The zero-order chi connectivity index (χ0) is 24.7. The van der Waals surface area contributed by atoms with Crippen molar-refractivity contribution in [2.45, 2.75) is 51.0 Å². The van der Waals surface area contributed by atoms with Crippen LogP contribution in [0, 0.1) is 16.7 Å². The fourth-order valence-electron chi connectivity index (χ4n) is 6.33. The molecule has 0 radical (unpaired) electrons. The van der Waals surface area contributed by atoms with Crippen molar-refractivity contribution in [3.63, 3.8) is 0 Å². The standard InChI is InChI=1S/C25H39N3O5S/c1-24(2)19-8-9-25(3,17-19)23(24)26-22(29)18-6-7-20(27(4)10-13-32-5)21(16-18)34(30,31)28-11-14-33-15-12-28/h6-7,16,19,23H,8-15,17H2,1-5H3,(H,26,29)/t19-,23?,25+/m1/s1. The van der Waals surface area contributed by atoms with Crippen molar-refractivity contribution in [3.8, 4) is 0 Å². The number of sulfonamides is 1. The molecule has 1 aromatic carbocycles. The molecular weight excluding hydrogens is 454 g/mol. The second kappa shape index (κ2) is 9.41. The van der Waals surface area contributed by atoms with Crippen molar-refractivity contribution in [3.05, 3.63) is 23.8 Å². The van der Waals surface area contributed by atoms with Gasteiger partial charge in [0.2, 0.25) is 10.0 Å². The quantitative estimate of drug-likeness (QED) is 0.599. The minimum Gasteiger partial charge on any atom is -0.383 e. The number of nitrogens with one attached hydrogen (secondary N) is 1. The van der Waals surface area contributed by atoms with Crippen LogP contribution < -0.4 is 10.2 Å². The second-order valence-electron chi connectivity index (χ2n) is 10.9. The molecule has 0 aromatic heterocycles. The molecule has 2 aliphatic carbocycles. The predicted octanol–water partition coefficient (Wildman–Crippen LogP) is 2.73. The largest absolute Gasteiger partial charge is 0.383 e. The molecule has 4 rings (SSSR count). The number of amides is 1. The van der Waals surface area contributed by atoms with Gasteiger partial charge in [0.15, 0.2) is 0 Å². The summed E-state index contributed by atoms with van der Waals surface area (Å²) in [5.74, 6) is 0.397. The zero-order valence-electron chi connectivity index (χ0n) is 21.1. The molecular formula is C25H39N3O5S. The maximum absolute atomic E-state index is 13.6. The third kappa shape index (κ3) is 4.47. The number of carbonyl (C=O) groups is 1. The van der Waals surface area contributed by atoms with Crippen molar-refractivity contribution < 1.29 is 22.7 Å². The van der Waals surface area contributed by atoms with Crippen LogP contribution in [-0.4, -0.2) is 78.3 Å². The minimum absolute atomic E-state index is 0.0195. The molecule has 34 heavy (non-hydrogen) atoms. The summed E-state index contributed by atoms with van der Waals surface area (Å²) in [4.78, 5) is 15.5. The first kappa shape index (κ1) is 25.4. The highest BCUT2D eigenvalue weighted by molar-refractivity contribution is 7.89. The first-order chi connectivity index (χ1) is 16.0. The molecule has 1 unspecified atom stereocenters. The number of hydrogen-bond acceptors (Lipinski definition) is 6. The van der Waals surface area contributed by atoms with Crippen molar-refractivity contribution >= 4 is 21.6 Å². The van der Waals surface area contributed by atoms with Gasteiger partial charge in [0.25, 0.3) is 5.91 Å². The smallest absolute Gasteiger partial charge is 0.251 e. The average Bonchev–Trinajstić information content (AvgIpc) is 3.31. The lowest BCUT2D eigenvalue weighted by Crippen LogP contribution is -2.52. The van der Waals surface area contributed by atoms with Crippen LogP contribution in [0.4, 0.5) is 5.69 Å². The van der Waals surface area contributed by atoms with Crippen LogP contribution in [0.25, 0.3) is 0 Å². The van der Waals surface area contributed by atoms with E-state index >= 15 is 0 Å². The van der Waals surface area contributed by atoms with Crippen LogP contribution in [0.2, 0.25) is 0 Å². The number of anilines is 1. The Bertz CT molecular complexity index is 1020. The van der Waals surface area contributed by atoms with E-state index in [0.717, 1.165) is 12.8 Å². The van der Waals surface area contributed by atoms with Gasteiger partial charge in [0.05, 0.1) is 25.5 Å². The van der Waals surface area contributed by atoms with Crippen LogP contribution >= 0.6 is 0 Å². The molecule has 9 heteroatoms. The number of ether oxygens (including phenoxy) is 2. The van der Waals surface area contributed by atoms with Crippen LogP contribution in [0.1, 0.15) is 50.4 Å². The van der Waals surface area contributed by atoms with E-state index in [1.165, 1.54) is 10.7 Å². The average molecular weight is 494 g/mol. The summed E-state index contributed by atoms with van der Waals surface area (Å²) in [6.45, 7) is 9.09. The van der Waals surface area contributed by atoms with E-state index in [-0.39, 0.29) is 27.7 Å². The van der Waals surface area contributed by atoms with Gasteiger partial charge in [-0.3, -0.25) is 4.79 Å². The number of benzene rings is 1. The maximum Gasteiger partial charge on any atom is 0.251 e. The van der Waals surface area contributed by atoms with Crippen molar-refractivity contribution in [2.75, 3.05) is 58.5 Å². The lowest BCUT2D eigenvalue weighted by molar-refractivity contribution is 0.0728. The van der Waals surface area contributed by atoms with Gasteiger partial charge in [0.1, 0.15) is 4.90 Å². The van der Waals surface area contributed by atoms with Gasteiger partial charge in [-0.1, -0.05) is 20.8 Å². The topological polar surface area (TPSA) is 88.2 Å². The summed E-state index contributed by atoms with van der Waals surface area (Å²) in [7, 11) is -0.345. The number of likely N-dealkylation sites (N-methyl/N-ethyl adjacent to an activating group) is 1. The Morgan fingerprint density at radius 2 is 1.97 bits per heavy atom. The van der Waals surface area contributed by atoms with Gasteiger partial charge in [-0.25, -0.2) is 8.42 Å². The van der Waals surface area contributed by atoms with Gasteiger partial charge in [-0.05, 0) is 54.2 Å². The summed E-state index contributed by atoms with van der Waals surface area (Å²) in [5, 5.41) is 3.30. The number of fused-ring (bicyclic) bond motifs is 2. The molecule has 1 amide bonds. The first-order valence-corrected chi connectivity index (χ1v) is 13.7. The fourth-order valence-corrected chi connectivity index (χ4v) is 8.00. The normalized spacial score (nSPS) is 28.7. The van der Waals surface area contributed by atoms with E-state index < -0.39 is 10.0 Å². The van der Waals surface area contributed by atoms with Crippen LogP contribution in [-0.2, 0) is 19.5 Å². The molecule has 1 heterocycles. The Morgan fingerprint density at radius 1 is 1.26 bits per heavy atom. The fraction of sp³-hybridized carbons (Fsp3) is 0.720. The molecule has 2 bridgehead atoms. The molecule has 2 saturated carbocycles. The highest BCUT2D eigenvalue weighted by atomic mass is 32.2. The predicted molar refractivity (Wildman–Crippen MR) is 132 cm³/mol. The molecule has 190 valence electrons. The summed E-state index contributed by atoms with van der Waals surface area (Å²) < 4.78 is 39.3. The zero-order valence-corrected chi connectivity index (χ0v) is 21.9. The van der Waals surface area contributed by atoms with Gasteiger partial charge >= 0.3 is 0 Å². The van der Waals surface area contributed by atoms with Gasteiger partial charge in [-0.2, -0.15) is 4.31 Å². The van der Waals surface area contributed by atoms with E-state index in [4.69, 9.17) is 9.47 Å². The maximum atomic E-state index is 13.6. The summed E-state index contributed by atoms with van der Waals surface area (Å²) >= 11 is 0. The van der Waals surface area contributed by atoms with Crippen molar-refractivity contribution in [1.29, 1.82) is 0 Å². The van der Waals surface area contributed by atoms with Crippen molar-refractivity contribution in [1.82, 2.24) is 9.62 Å². The Morgan fingerprint density at radius 3 is 2.59 bits per heavy atom. The minimum atomic E-state index is -3.80. The van der Waals surface area contributed by atoms with Gasteiger partial charge < -0.3 is 19.7 Å². The van der Waals surface area contributed by atoms with E-state index in [1.54, 1.807) is 25.3 Å². The third-order valence-corrected chi connectivity index (χ3v) is 10.3. The Balaban J connectivity index is 1.66. The van der Waals surface area contributed by atoms with E-state index in [9.17, 15) is 13.2 Å². The van der Waals surface area contributed by atoms with Gasteiger partial charge in [-0.15, -0.1) is 0 Å². The lowest BCUT2D eigenvalue weighted by Gasteiger charge is -2.43. The van der Waals surface area contributed by atoms with Crippen LogP contribution in [0.5, 0.6) is 0 Å². The summed E-state index contributed by atoms with van der Waals surface area (Å²) in [6.07, 6.45) is 3.46. The number of rotatable bonds is 8. The first-order valence-electron chi connectivity index (χ1n) is 12.2. The molecule has 1 N–H and O–H groups in total. The number of nitrogens with zero attached hydrogens (tertiary/aromatic N) is 2. The highest BCUT2D eigenvalue weighted by Crippen LogP contribution is 2.62. The number of morpholine rings is 1. The molecule has 1 aliphatic heterocycles. The molecule has 3 aliphatic rings. The van der Waals surface area contributed by atoms with Crippen molar-refractivity contribution in [2.24, 2.45) is 16.7 Å². The number of hydrogen-bond donors (Lipinski definition) is 1. The van der Waals surface area contributed by atoms with Crippen LogP contribution in [0.15, 0.2) is 23.1 Å². The highest BCUT2D eigenvalue weighted by Gasteiger charge is 2.59. The SMILES string of the molecule is COCCN(C)c1ccc(C(=O)NC2C(C)(C)[C@@H]3CC[C@@]2(C)C3)cc1S(=O)(=O)N1CCOCC1. The third-order valence-electron chi connectivity index (χ3n) is 8.40. The van der Waals surface area contributed by atoms with Gasteiger partial charge in [0, 0.05) is 45.4 Å². The molecule has 3 atom stereocenters. The summed E-state index contributed by atoms with van der Waals surface area (Å²) in [6, 6.07) is 5.08. The number of carbonyl (C=O) groups excluding carboxylic acids is 1. The Kier molecular flexibility index (Phi) is 7.03. The Labute approximate surface area is 204 Å².